The standard InChI is InChI=1S/C17H19ClN4O/c1-22-15(7-8-19-22)17(23)21-14-4-2-3-11-12-9-10(18)5-6-13(12)20-16(11)14/h5-9,11,14,16,20H,2-4H2,1H3,(H,21,23). The number of aryl methyl sites for hydroxylation is 1. The van der Waals surface area contributed by atoms with Crippen molar-refractivity contribution in [3.63, 3.8) is 0 Å². The maximum absolute atomic E-state index is 12.5. The normalized spacial score (nSPS) is 25.4. The molecule has 1 aromatic heterocycles. The van der Waals surface area contributed by atoms with Crippen LogP contribution in [0.15, 0.2) is 30.5 Å². The third-order valence-corrected chi connectivity index (χ3v) is 5.24. The molecule has 1 aliphatic carbocycles. The molecule has 4 rings (SSSR count). The first kappa shape index (κ1) is 14.6. The first-order valence-electron chi connectivity index (χ1n) is 7.98. The number of hydrogen-bond donors (Lipinski definition) is 2. The summed E-state index contributed by atoms with van der Waals surface area (Å²) in [7, 11) is 1.78. The van der Waals surface area contributed by atoms with Crippen molar-refractivity contribution in [3.05, 3.63) is 46.7 Å². The topological polar surface area (TPSA) is 59.0 Å². The molecule has 0 bridgehead atoms. The maximum atomic E-state index is 12.5. The summed E-state index contributed by atoms with van der Waals surface area (Å²) in [5.41, 5.74) is 3.01. The first-order chi connectivity index (χ1) is 11.1. The molecule has 2 N–H and O–H groups in total. The number of carbonyl (C=O) groups is 1. The van der Waals surface area contributed by atoms with Crippen LogP contribution in [0.1, 0.15) is 41.2 Å². The predicted molar refractivity (Wildman–Crippen MR) is 89.9 cm³/mol. The molecule has 3 atom stereocenters. The van der Waals surface area contributed by atoms with E-state index in [0.29, 0.717) is 11.6 Å². The Bertz CT molecular complexity index is 757. The Balaban J connectivity index is 1.55. The monoisotopic (exact) mass is 330 g/mol. The van der Waals surface area contributed by atoms with Crippen LogP contribution >= 0.6 is 11.6 Å². The van der Waals surface area contributed by atoms with Crippen LogP contribution in [0.4, 0.5) is 5.69 Å². The number of aromatic nitrogens is 2. The molecule has 2 heterocycles. The molecule has 2 aliphatic rings. The van der Waals surface area contributed by atoms with Crippen LogP contribution in [0.3, 0.4) is 0 Å². The molecule has 2 aromatic rings. The maximum Gasteiger partial charge on any atom is 0.269 e. The van der Waals surface area contributed by atoms with Crippen molar-refractivity contribution in [2.75, 3.05) is 5.32 Å². The van der Waals surface area contributed by atoms with Crippen molar-refractivity contribution in [2.45, 2.75) is 37.3 Å². The van der Waals surface area contributed by atoms with E-state index in [0.717, 1.165) is 30.0 Å². The van der Waals surface area contributed by atoms with Crippen LogP contribution in [0.2, 0.25) is 5.02 Å². The van der Waals surface area contributed by atoms with Gasteiger partial charge in [-0.1, -0.05) is 18.0 Å². The Hall–Kier alpha value is -2.01. The minimum absolute atomic E-state index is 0.0635. The van der Waals surface area contributed by atoms with E-state index < -0.39 is 0 Å². The van der Waals surface area contributed by atoms with Crippen molar-refractivity contribution < 1.29 is 4.79 Å². The summed E-state index contributed by atoms with van der Waals surface area (Å²) < 4.78 is 1.60. The van der Waals surface area contributed by atoms with Gasteiger partial charge in [-0.2, -0.15) is 5.10 Å². The molecule has 1 saturated carbocycles. The zero-order valence-corrected chi connectivity index (χ0v) is 13.7. The van der Waals surface area contributed by atoms with E-state index in [9.17, 15) is 4.79 Å². The predicted octanol–water partition coefficient (Wildman–Crippen LogP) is 2.93. The highest BCUT2D eigenvalue weighted by molar-refractivity contribution is 6.30. The van der Waals surface area contributed by atoms with Gasteiger partial charge in [0.05, 0.1) is 6.04 Å². The molecule has 120 valence electrons. The SMILES string of the molecule is Cn1nccc1C(=O)NC1CCCC2c3cc(Cl)ccc3NC12. The molecule has 1 aromatic carbocycles. The smallest absolute Gasteiger partial charge is 0.269 e. The highest BCUT2D eigenvalue weighted by atomic mass is 35.5. The Labute approximate surface area is 140 Å². The summed E-state index contributed by atoms with van der Waals surface area (Å²) >= 11 is 6.15. The number of carbonyl (C=O) groups excluding carboxylic acids is 1. The summed E-state index contributed by atoms with van der Waals surface area (Å²) in [6, 6.07) is 8.09. The fourth-order valence-corrected chi connectivity index (χ4v) is 4.08. The number of halogens is 1. The Morgan fingerprint density at radius 1 is 1.39 bits per heavy atom. The summed E-state index contributed by atoms with van der Waals surface area (Å²) in [5, 5.41) is 11.6. The number of hydrogen-bond acceptors (Lipinski definition) is 3. The summed E-state index contributed by atoms with van der Waals surface area (Å²) in [6.45, 7) is 0. The summed E-state index contributed by atoms with van der Waals surface area (Å²) in [5.74, 6) is 0.348. The van der Waals surface area contributed by atoms with Crippen LogP contribution in [0.25, 0.3) is 0 Å². The Kier molecular flexibility index (Phi) is 3.53. The van der Waals surface area contributed by atoms with Gasteiger partial charge in [0.1, 0.15) is 5.69 Å². The van der Waals surface area contributed by atoms with Crippen LogP contribution in [0, 0.1) is 0 Å². The second-order valence-corrected chi connectivity index (χ2v) is 6.80. The first-order valence-corrected chi connectivity index (χ1v) is 8.36. The molecular weight excluding hydrogens is 312 g/mol. The van der Waals surface area contributed by atoms with Gasteiger partial charge in [-0.25, -0.2) is 0 Å². The van der Waals surface area contributed by atoms with Crippen LogP contribution in [-0.2, 0) is 7.05 Å². The lowest BCUT2D eigenvalue weighted by Gasteiger charge is -2.34. The van der Waals surface area contributed by atoms with Gasteiger partial charge in [0.2, 0.25) is 0 Å². The molecule has 0 radical (unpaired) electrons. The molecule has 1 fully saturated rings. The molecule has 3 unspecified atom stereocenters. The second kappa shape index (κ2) is 5.57. The zero-order valence-electron chi connectivity index (χ0n) is 12.9. The van der Waals surface area contributed by atoms with Crippen molar-refractivity contribution in [1.82, 2.24) is 15.1 Å². The Morgan fingerprint density at radius 3 is 3.04 bits per heavy atom. The molecule has 5 nitrogen and oxygen atoms in total. The van der Waals surface area contributed by atoms with Gasteiger partial charge in [0, 0.05) is 35.9 Å². The van der Waals surface area contributed by atoms with Gasteiger partial charge in [-0.05, 0) is 42.7 Å². The lowest BCUT2D eigenvalue weighted by atomic mass is 9.79. The number of benzene rings is 1. The van der Waals surface area contributed by atoms with Gasteiger partial charge in [0.25, 0.3) is 5.91 Å². The quantitative estimate of drug-likeness (QED) is 0.890. The minimum atomic E-state index is -0.0635. The van der Waals surface area contributed by atoms with Crippen LogP contribution in [-0.4, -0.2) is 27.8 Å². The second-order valence-electron chi connectivity index (χ2n) is 6.36. The average molecular weight is 331 g/mol. The number of nitrogens with one attached hydrogen (secondary N) is 2. The highest BCUT2D eigenvalue weighted by Gasteiger charge is 2.40. The number of anilines is 1. The van der Waals surface area contributed by atoms with E-state index in [1.54, 1.807) is 24.0 Å². The molecule has 1 amide bonds. The average Bonchev–Trinajstić information content (AvgIpc) is 3.11. The van der Waals surface area contributed by atoms with E-state index in [4.69, 9.17) is 11.6 Å². The molecular formula is C17H19ClN4O. The minimum Gasteiger partial charge on any atom is -0.379 e. The lowest BCUT2D eigenvalue weighted by molar-refractivity contribution is 0.0912. The van der Waals surface area contributed by atoms with E-state index in [-0.39, 0.29) is 18.0 Å². The van der Waals surface area contributed by atoms with E-state index in [2.05, 4.69) is 21.8 Å². The molecule has 23 heavy (non-hydrogen) atoms. The summed E-state index contributed by atoms with van der Waals surface area (Å²) in [4.78, 5) is 12.5. The Morgan fingerprint density at radius 2 is 2.26 bits per heavy atom. The fraction of sp³-hybridized carbons (Fsp3) is 0.412. The third-order valence-electron chi connectivity index (χ3n) is 5.00. The molecule has 6 heteroatoms. The highest BCUT2D eigenvalue weighted by Crippen LogP contribution is 2.44. The van der Waals surface area contributed by atoms with Crippen molar-refractivity contribution in [2.24, 2.45) is 7.05 Å². The van der Waals surface area contributed by atoms with E-state index in [1.165, 1.54) is 5.56 Å². The number of amides is 1. The van der Waals surface area contributed by atoms with Crippen LogP contribution < -0.4 is 10.6 Å². The van der Waals surface area contributed by atoms with Gasteiger partial charge in [-0.3, -0.25) is 9.48 Å². The molecule has 0 spiro atoms. The zero-order chi connectivity index (χ0) is 16.0. The van der Waals surface area contributed by atoms with Crippen LogP contribution in [0.5, 0.6) is 0 Å². The fourth-order valence-electron chi connectivity index (χ4n) is 3.90. The van der Waals surface area contributed by atoms with Gasteiger partial charge < -0.3 is 10.6 Å². The van der Waals surface area contributed by atoms with E-state index in [1.807, 2.05) is 12.1 Å². The molecule has 1 aliphatic heterocycles. The largest absolute Gasteiger partial charge is 0.379 e. The summed E-state index contributed by atoms with van der Waals surface area (Å²) in [6.07, 6.45) is 4.86. The van der Waals surface area contributed by atoms with Crippen molar-refractivity contribution >= 4 is 23.2 Å². The van der Waals surface area contributed by atoms with Gasteiger partial charge in [-0.15, -0.1) is 0 Å². The lowest BCUT2D eigenvalue weighted by Crippen LogP contribution is -2.49. The third kappa shape index (κ3) is 2.49. The van der Waals surface area contributed by atoms with Crippen molar-refractivity contribution in [1.29, 1.82) is 0 Å². The molecule has 0 saturated heterocycles. The number of fused-ring (bicyclic) bond motifs is 3. The van der Waals surface area contributed by atoms with Gasteiger partial charge >= 0.3 is 0 Å². The number of nitrogens with zero attached hydrogens (tertiary/aromatic N) is 2. The number of rotatable bonds is 2. The van der Waals surface area contributed by atoms with E-state index >= 15 is 0 Å². The van der Waals surface area contributed by atoms with Crippen molar-refractivity contribution in [3.8, 4) is 0 Å². The van der Waals surface area contributed by atoms with Gasteiger partial charge in [0.15, 0.2) is 0 Å².